The molecule has 3 N–H and O–H groups in total. The third-order valence-electron chi connectivity index (χ3n) is 6.65. The third-order valence-corrected chi connectivity index (χ3v) is 9.95. The SMILES string of the molecule is O=P(O)(O)Oc1cccc(-c2nc3sccn3c2-c2ccnc(N([C@@H]3CCCNC3)S(=O)(=O)c3ccc(Cl)cc3)n2)c1. The average molecular weight is 647 g/mol. The van der Waals surface area contributed by atoms with Gasteiger partial charge in [0, 0.05) is 34.9 Å². The number of sulfonamides is 1. The largest absolute Gasteiger partial charge is 0.524 e. The molecule has 6 rings (SSSR count). The zero-order chi connectivity index (χ0) is 29.5. The minimum Gasteiger partial charge on any atom is -0.404 e. The van der Waals surface area contributed by atoms with Crippen LogP contribution in [0.5, 0.6) is 5.75 Å². The Morgan fingerprint density at radius 3 is 2.69 bits per heavy atom. The van der Waals surface area contributed by atoms with Crippen LogP contribution in [0.15, 0.2) is 77.3 Å². The smallest absolute Gasteiger partial charge is 0.404 e. The van der Waals surface area contributed by atoms with E-state index in [1.54, 1.807) is 18.2 Å². The van der Waals surface area contributed by atoms with Gasteiger partial charge in [-0.1, -0.05) is 23.7 Å². The molecule has 1 atom stereocenters. The molecule has 1 saturated heterocycles. The second-order valence-corrected chi connectivity index (χ2v) is 13.8. The van der Waals surface area contributed by atoms with Gasteiger partial charge < -0.3 is 9.84 Å². The predicted octanol–water partition coefficient (Wildman–Crippen LogP) is 4.59. The number of piperidine rings is 1. The second kappa shape index (κ2) is 11.4. The van der Waals surface area contributed by atoms with Gasteiger partial charge in [-0.25, -0.2) is 32.2 Å². The lowest BCUT2D eigenvalue weighted by Crippen LogP contribution is -2.49. The summed E-state index contributed by atoms with van der Waals surface area (Å²) in [5.41, 5.74) is 1.94. The van der Waals surface area contributed by atoms with Crippen molar-refractivity contribution in [3.8, 4) is 28.4 Å². The molecule has 0 amide bonds. The molecule has 3 aromatic heterocycles. The van der Waals surface area contributed by atoms with E-state index < -0.39 is 23.9 Å². The molecular formula is C26H24ClN6O6PS2. The van der Waals surface area contributed by atoms with Crippen molar-refractivity contribution in [2.24, 2.45) is 0 Å². The maximum absolute atomic E-state index is 14.0. The molecule has 0 radical (unpaired) electrons. The van der Waals surface area contributed by atoms with Crippen LogP contribution in [0, 0.1) is 0 Å². The van der Waals surface area contributed by atoms with Crippen LogP contribution >= 0.6 is 30.8 Å². The zero-order valence-electron chi connectivity index (χ0n) is 21.7. The Bertz CT molecular complexity index is 1900. The minimum atomic E-state index is -4.78. The number of hydrogen-bond donors (Lipinski definition) is 3. The van der Waals surface area contributed by atoms with Crippen molar-refractivity contribution in [3.05, 3.63) is 77.4 Å². The maximum atomic E-state index is 14.0. The lowest BCUT2D eigenvalue weighted by molar-refractivity contribution is 0.283. The van der Waals surface area contributed by atoms with Crippen molar-refractivity contribution in [1.82, 2.24) is 24.7 Å². The Labute approximate surface area is 249 Å². The van der Waals surface area contributed by atoms with Gasteiger partial charge in [0.05, 0.1) is 22.3 Å². The van der Waals surface area contributed by atoms with Gasteiger partial charge in [-0.3, -0.25) is 14.2 Å². The number of phosphoric ester groups is 1. The van der Waals surface area contributed by atoms with E-state index in [1.165, 1.54) is 58.2 Å². The molecule has 5 aromatic rings. The highest BCUT2D eigenvalue weighted by Crippen LogP contribution is 2.40. The summed E-state index contributed by atoms with van der Waals surface area (Å²) in [6, 6.07) is 13.4. The molecule has 0 saturated carbocycles. The van der Waals surface area contributed by atoms with Crippen molar-refractivity contribution in [3.63, 3.8) is 0 Å². The molecule has 4 heterocycles. The van der Waals surface area contributed by atoms with Gasteiger partial charge in [0.15, 0.2) is 4.96 Å². The molecule has 12 nitrogen and oxygen atoms in total. The van der Waals surface area contributed by atoms with Gasteiger partial charge in [0.2, 0.25) is 5.95 Å². The molecule has 0 unspecified atom stereocenters. The first kappa shape index (κ1) is 28.7. The highest BCUT2D eigenvalue weighted by Gasteiger charge is 2.35. The summed E-state index contributed by atoms with van der Waals surface area (Å²) in [5.74, 6) is -0.0255. The molecule has 1 fully saturated rings. The molecular weight excluding hydrogens is 623 g/mol. The zero-order valence-corrected chi connectivity index (χ0v) is 25.0. The van der Waals surface area contributed by atoms with Crippen LogP contribution in [0.2, 0.25) is 5.02 Å². The number of rotatable bonds is 8. The van der Waals surface area contributed by atoms with Crippen molar-refractivity contribution >= 4 is 51.7 Å². The lowest BCUT2D eigenvalue weighted by atomic mass is 10.1. The van der Waals surface area contributed by atoms with Gasteiger partial charge >= 0.3 is 7.82 Å². The first-order chi connectivity index (χ1) is 20.1. The second-order valence-electron chi connectivity index (χ2n) is 9.47. The van der Waals surface area contributed by atoms with E-state index in [0.29, 0.717) is 45.6 Å². The summed E-state index contributed by atoms with van der Waals surface area (Å²) in [4.78, 5) is 33.2. The number of thiazole rings is 1. The number of nitrogens with one attached hydrogen (secondary N) is 1. The predicted molar refractivity (Wildman–Crippen MR) is 159 cm³/mol. The number of phosphoric acid groups is 1. The Morgan fingerprint density at radius 2 is 1.95 bits per heavy atom. The van der Waals surface area contributed by atoms with Crippen molar-refractivity contribution in [1.29, 1.82) is 0 Å². The maximum Gasteiger partial charge on any atom is 0.524 e. The summed E-state index contributed by atoms with van der Waals surface area (Å²) in [5, 5.41) is 5.54. The quantitative estimate of drug-likeness (QED) is 0.204. The van der Waals surface area contributed by atoms with E-state index in [2.05, 4.69) is 10.3 Å². The summed E-state index contributed by atoms with van der Waals surface area (Å²) in [6.07, 6.45) is 4.72. The normalized spacial score (nSPS) is 16.0. The first-order valence-electron chi connectivity index (χ1n) is 12.8. The van der Waals surface area contributed by atoms with Gasteiger partial charge in [-0.05, 0) is 61.9 Å². The van der Waals surface area contributed by atoms with Gasteiger partial charge in [-0.2, -0.15) is 0 Å². The van der Waals surface area contributed by atoms with Crippen LogP contribution < -0.4 is 14.1 Å². The van der Waals surface area contributed by atoms with E-state index in [0.717, 1.165) is 13.0 Å². The van der Waals surface area contributed by atoms with Crippen molar-refractivity contribution < 1.29 is 27.3 Å². The third kappa shape index (κ3) is 5.79. The Kier molecular flexibility index (Phi) is 7.79. The summed E-state index contributed by atoms with van der Waals surface area (Å²) in [7, 11) is -8.85. The highest BCUT2D eigenvalue weighted by atomic mass is 35.5. The standard InChI is InChI=1S/C26H24ClN6O6PS2/c27-18-6-8-21(9-7-18)42(37,38)33(19-4-2-11-28-16-19)25-29-12-10-22(30-25)24-23(31-26-32(24)13-14-41-26)17-3-1-5-20(15-17)39-40(34,35)36/h1,3,5-10,12-15,19,28H,2,4,11,16H2,(H2,34,35,36)/t19-/m1/s1. The topological polar surface area (TPSA) is 159 Å². The number of nitrogens with zero attached hydrogens (tertiary/aromatic N) is 5. The summed E-state index contributed by atoms with van der Waals surface area (Å²) >= 11 is 7.42. The first-order valence-corrected chi connectivity index (χ1v) is 17.0. The number of fused-ring (bicyclic) bond motifs is 1. The number of anilines is 1. The van der Waals surface area contributed by atoms with E-state index in [-0.39, 0.29) is 16.6 Å². The van der Waals surface area contributed by atoms with Crippen LogP contribution in [-0.2, 0) is 14.6 Å². The van der Waals surface area contributed by atoms with Crippen LogP contribution in [0.4, 0.5) is 5.95 Å². The van der Waals surface area contributed by atoms with Crippen molar-refractivity contribution in [2.45, 2.75) is 23.8 Å². The fraction of sp³-hybridized carbons (Fsp3) is 0.192. The number of halogens is 1. The van der Waals surface area contributed by atoms with Crippen LogP contribution in [0.1, 0.15) is 12.8 Å². The molecule has 1 aliphatic rings. The van der Waals surface area contributed by atoms with Gasteiger partial charge in [0.1, 0.15) is 11.4 Å². The Balaban J connectivity index is 1.48. The molecule has 218 valence electrons. The van der Waals surface area contributed by atoms with Crippen LogP contribution in [-0.4, -0.2) is 56.7 Å². The van der Waals surface area contributed by atoms with Crippen LogP contribution in [0.25, 0.3) is 27.6 Å². The summed E-state index contributed by atoms with van der Waals surface area (Å²) in [6.45, 7) is 1.21. The van der Waals surface area contributed by atoms with Crippen LogP contribution in [0.3, 0.4) is 0 Å². The van der Waals surface area contributed by atoms with Gasteiger partial charge in [0.25, 0.3) is 10.0 Å². The van der Waals surface area contributed by atoms with E-state index in [4.69, 9.17) is 26.1 Å². The lowest BCUT2D eigenvalue weighted by Gasteiger charge is -2.33. The molecule has 0 aliphatic carbocycles. The Morgan fingerprint density at radius 1 is 1.14 bits per heavy atom. The van der Waals surface area contributed by atoms with E-state index >= 15 is 0 Å². The molecule has 0 spiro atoms. The monoisotopic (exact) mass is 646 g/mol. The van der Waals surface area contributed by atoms with Gasteiger partial charge in [-0.15, -0.1) is 11.3 Å². The van der Waals surface area contributed by atoms with E-state index in [9.17, 15) is 22.8 Å². The van der Waals surface area contributed by atoms with Crippen molar-refractivity contribution in [2.75, 3.05) is 17.4 Å². The molecule has 16 heteroatoms. The molecule has 2 aromatic carbocycles. The fourth-order valence-electron chi connectivity index (χ4n) is 4.88. The van der Waals surface area contributed by atoms with E-state index in [1.807, 2.05) is 16.0 Å². The number of aromatic nitrogens is 4. The average Bonchev–Trinajstić information content (AvgIpc) is 3.55. The number of hydrogen-bond acceptors (Lipinski definition) is 9. The molecule has 1 aliphatic heterocycles. The summed E-state index contributed by atoms with van der Waals surface area (Å²) < 4.78 is 47.4. The molecule has 42 heavy (non-hydrogen) atoms. The minimum absolute atomic E-state index is 0.00543. The number of benzene rings is 2. The molecule has 0 bridgehead atoms. The highest BCUT2D eigenvalue weighted by molar-refractivity contribution is 7.92. The number of imidazole rings is 1. The Hall–Kier alpha value is -3.36. The fourth-order valence-corrected chi connectivity index (χ4v) is 7.69.